The summed E-state index contributed by atoms with van der Waals surface area (Å²) < 4.78 is 0. The second-order valence-electron chi connectivity index (χ2n) is 2.62. The van der Waals surface area contributed by atoms with Gasteiger partial charge in [0.25, 0.3) is 0 Å². The second-order valence-corrected chi connectivity index (χ2v) is 2.62. The van der Waals surface area contributed by atoms with E-state index < -0.39 is 12.0 Å². The van der Waals surface area contributed by atoms with E-state index >= 15 is 0 Å². The normalized spacial score (nSPS) is 30.4. The monoisotopic (exact) mass is 158 g/mol. The summed E-state index contributed by atoms with van der Waals surface area (Å²) in [6.45, 7) is 1.69. The van der Waals surface area contributed by atoms with Gasteiger partial charge in [-0.2, -0.15) is 0 Å². The van der Waals surface area contributed by atoms with Gasteiger partial charge < -0.3 is 15.3 Å². The highest BCUT2D eigenvalue weighted by atomic mass is 16.4. The number of nitrogens with one attached hydrogen (secondary N) is 1. The van der Waals surface area contributed by atoms with Crippen LogP contribution in [0, 0.1) is 0 Å². The van der Waals surface area contributed by atoms with E-state index in [1.807, 2.05) is 0 Å². The zero-order valence-electron chi connectivity index (χ0n) is 6.37. The molecule has 2 atom stereocenters. The number of urea groups is 1. The highest BCUT2D eigenvalue weighted by Gasteiger charge is 2.38. The summed E-state index contributed by atoms with van der Waals surface area (Å²) >= 11 is 0. The van der Waals surface area contributed by atoms with Gasteiger partial charge in [-0.25, -0.2) is 9.59 Å². The summed E-state index contributed by atoms with van der Waals surface area (Å²) in [4.78, 5) is 22.7. The predicted molar refractivity (Wildman–Crippen MR) is 37.2 cm³/mol. The number of amides is 2. The lowest BCUT2D eigenvalue weighted by Crippen LogP contribution is -2.38. The summed E-state index contributed by atoms with van der Waals surface area (Å²) in [6, 6.07) is -1.38. The van der Waals surface area contributed by atoms with E-state index in [0.717, 1.165) is 0 Å². The van der Waals surface area contributed by atoms with Gasteiger partial charge in [-0.05, 0) is 6.92 Å². The Morgan fingerprint density at radius 3 is 2.45 bits per heavy atom. The summed E-state index contributed by atoms with van der Waals surface area (Å²) in [5, 5.41) is 10.9. The van der Waals surface area contributed by atoms with E-state index in [4.69, 9.17) is 5.11 Å². The van der Waals surface area contributed by atoms with Gasteiger partial charge in [0.2, 0.25) is 0 Å². The molecule has 0 aromatic rings. The maximum Gasteiger partial charge on any atom is 0.328 e. The van der Waals surface area contributed by atoms with Crippen LogP contribution in [0.1, 0.15) is 6.92 Å². The Hall–Kier alpha value is -1.26. The Bertz CT molecular complexity index is 204. The Balaban J connectivity index is 2.74. The molecule has 0 aliphatic carbocycles. The molecule has 0 radical (unpaired) electrons. The Labute approximate surface area is 64.0 Å². The average molecular weight is 158 g/mol. The van der Waals surface area contributed by atoms with Crippen molar-refractivity contribution in [3.8, 4) is 0 Å². The molecule has 2 unspecified atom stereocenters. The summed E-state index contributed by atoms with van der Waals surface area (Å²) in [7, 11) is 1.57. The molecule has 1 heterocycles. The molecule has 2 amide bonds. The van der Waals surface area contributed by atoms with Crippen LogP contribution in [0.2, 0.25) is 0 Å². The van der Waals surface area contributed by atoms with Crippen LogP contribution in [0.25, 0.3) is 0 Å². The Morgan fingerprint density at radius 2 is 2.27 bits per heavy atom. The van der Waals surface area contributed by atoms with Gasteiger partial charge in [-0.1, -0.05) is 0 Å². The summed E-state index contributed by atoms with van der Waals surface area (Å²) in [5.41, 5.74) is 0. The van der Waals surface area contributed by atoms with Crippen LogP contribution in [0.3, 0.4) is 0 Å². The van der Waals surface area contributed by atoms with Crippen LogP contribution in [-0.2, 0) is 4.79 Å². The molecular weight excluding hydrogens is 148 g/mol. The van der Waals surface area contributed by atoms with Gasteiger partial charge in [0.15, 0.2) is 0 Å². The summed E-state index contributed by atoms with van der Waals surface area (Å²) in [6.07, 6.45) is 0. The highest BCUT2D eigenvalue weighted by Crippen LogP contribution is 2.10. The maximum atomic E-state index is 10.9. The van der Waals surface area contributed by atoms with E-state index in [9.17, 15) is 9.59 Å². The van der Waals surface area contributed by atoms with E-state index in [1.165, 1.54) is 4.90 Å². The molecule has 0 saturated carbocycles. The minimum Gasteiger partial charge on any atom is -0.480 e. The lowest BCUT2D eigenvalue weighted by molar-refractivity contribution is -0.139. The van der Waals surface area contributed by atoms with Crippen molar-refractivity contribution >= 4 is 12.0 Å². The number of aliphatic carboxylic acids is 1. The molecule has 0 aromatic carbocycles. The lowest BCUT2D eigenvalue weighted by Gasteiger charge is -2.14. The van der Waals surface area contributed by atoms with Crippen molar-refractivity contribution in [2.75, 3.05) is 7.05 Å². The number of hydrogen-bond acceptors (Lipinski definition) is 2. The molecule has 0 bridgehead atoms. The fourth-order valence-corrected chi connectivity index (χ4v) is 1.03. The largest absolute Gasteiger partial charge is 0.480 e. The Kier molecular flexibility index (Phi) is 1.72. The minimum atomic E-state index is -0.991. The van der Waals surface area contributed by atoms with E-state index in [1.54, 1.807) is 14.0 Å². The number of carboxylic acids is 1. The van der Waals surface area contributed by atoms with Crippen molar-refractivity contribution in [1.29, 1.82) is 0 Å². The van der Waals surface area contributed by atoms with Crippen LogP contribution in [0.15, 0.2) is 0 Å². The molecule has 5 heteroatoms. The molecule has 5 nitrogen and oxygen atoms in total. The third kappa shape index (κ3) is 1.13. The first-order chi connectivity index (χ1) is 5.04. The van der Waals surface area contributed by atoms with Gasteiger partial charge in [0.05, 0.1) is 6.04 Å². The lowest BCUT2D eigenvalue weighted by atomic mass is 10.2. The first-order valence-electron chi connectivity index (χ1n) is 3.30. The molecule has 11 heavy (non-hydrogen) atoms. The van der Waals surface area contributed by atoms with Crippen LogP contribution in [0.5, 0.6) is 0 Å². The van der Waals surface area contributed by atoms with Crippen molar-refractivity contribution < 1.29 is 14.7 Å². The third-order valence-corrected chi connectivity index (χ3v) is 1.96. The van der Waals surface area contributed by atoms with E-state index in [-0.39, 0.29) is 12.1 Å². The highest BCUT2D eigenvalue weighted by molar-refractivity contribution is 5.87. The number of hydrogen-bond donors (Lipinski definition) is 2. The zero-order chi connectivity index (χ0) is 8.59. The van der Waals surface area contributed by atoms with Crippen LogP contribution in [-0.4, -0.2) is 41.1 Å². The number of likely N-dealkylation sites (N-methyl/N-ethyl adjacent to an activating group) is 1. The molecule has 1 aliphatic rings. The molecule has 1 saturated heterocycles. The van der Waals surface area contributed by atoms with Gasteiger partial charge in [0.1, 0.15) is 6.04 Å². The SMILES string of the molecule is CC1C(C(=O)O)NC(=O)N1C. The van der Waals surface area contributed by atoms with Crippen molar-refractivity contribution in [1.82, 2.24) is 10.2 Å². The van der Waals surface area contributed by atoms with Crippen LogP contribution >= 0.6 is 0 Å². The van der Waals surface area contributed by atoms with Crippen LogP contribution < -0.4 is 5.32 Å². The van der Waals surface area contributed by atoms with Crippen LogP contribution in [0.4, 0.5) is 4.79 Å². The fourth-order valence-electron chi connectivity index (χ4n) is 1.03. The number of carbonyl (C=O) groups is 2. The number of carbonyl (C=O) groups excluding carboxylic acids is 1. The quantitative estimate of drug-likeness (QED) is 0.539. The molecule has 0 aromatic heterocycles. The van der Waals surface area contributed by atoms with Crippen molar-refractivity contribution in [2.45, 2.75) is 19.0 Å². The summed E-state index contributed by atoms with van der Waals surface area (Å²) in [5.74, 6) is -0.991. The first kappa shape index (κ1) is 7.84. The Morgan fingerprint density at radius 1 is 1.73 bits per heavy atom. The molecular formula is C6H10N2O3. The molecule has 1 rings (SSSR count). The van der Waals surface area contributed by atoms with Gasteiger partial charge in [-0.15, -0.1) is 0 Å². The second kappa shape index (κ2) is 2.41. The number of carboxylic acid groups (broad SMARTS) is 1. The molecule has 62 valence electrons. The van der Waals surface area contributed by atoms with Crippen molar-refractivity contribution in [2.24, 2.45) is 0 Å². The smallest absolute Gasteiger partial charge is 0.328 e. The molecule has 0 spiro atoms. The first-order valence-corrected chi connectivity index (χ1v) is 3.30. The minimum absolute atomic E-state index is 0.278. The zero-order valence-corrected chi connectivity index (χ0v) is 6.37. The van der Waals surface area contributed by atoms with Gasteiger partial charge >= 0.3 is 12.0 Å². The van der Waals surface area contributed by atoms with E-state index in [2.05, 4.69) is 5.32 Å². The topological polar surface area (TPSA) is 69.6 Å². The molecule has 1 fully saturated rings. The molecule has 1 aliphatic heterocycles. The molecule has 2 N–H and O–H groups in total. The third-order valence-electron chi connectivity index (χ3n) is 1.96. The number of rotatable bonds is 1. The predicted octanol–water partition coefficient (Wildman–Crippen LogP) is -0.517. The number of nitrogens with zero attached hydrogens (tertiary/aromatic N) is 1. The van der Waals surface area contributed by atoms with Gasteiger partial charge in [-0.3, -0.25) is 0 Å². The van der Waals surface area contributed by atoms with Gasteiger partial charge in [0, 0.05) is 7.05 Å². The maximum absolute atomic E-state index is 10.9. The van der Waals surface area contributed by atoms with Crippen molar-refractivity contribution in [3.05, 3.63) is 0 Å². The van der Waals surface area contributed by atoms with Crippen molar-refractivity contribution in [3.63, 3.8) is 0 Å². The average Bonchev–Trinajstić information content (AvgIpc) is 2.17. The standard InChI is InChI=1S/C6H10N2O3/c1-3-4(5(9)10)7-6(11)8(3)2/h3-4H,1-2H3,(H,7,11)(H,9,10). The van der Waals surface area contributed by atoms with E-state index in [0.29, 0.717) is 0 Å². The fraction of sp³-hybridized carbons (Fsp3) is 0.667.